The lowest BCUT2D eigenvalue weighted by Gasteiger charge is -2.14. The maximum Gasteiger partial charge on any atom is 0.294 e. The van der Waals surface area contributed by atoms with Crippen LogP contribution < -0.4 is 0 Å². The summed E-state index contributed by atoms with van der Waals surface area (Å²) in [5.74, 6) is 0.965. The highest BCUT2D eigenvalue weighted by Gasteiger charge is 2.05. The fourth-order valence-electron chi connectivity index (χ4n) is 2.47. The molecule has 1 aromatic carbocycles. The van der Waals surface area contributed by atoms with E-state index in [4.69, 9.17) is 0 Å². The number of hydrogen-bond acceptors (Lipinski definition) is 5. The molecule has 1 atom stereocenters. The van der Waals surface area contributed by atoms with Crippen molar-refractivity contribution in [3.63, 3.8) is 0 Å². The first kappa shape index (κ1) is 23.5. The third kappa shape index (κ3) is 11.9. The first-order chi connectivity index (χ1) is 12.4. The summed E-state index contributed by atoms with van der Waals surface area (Å²) in [7, 11) is 0. The van der Waals surface area contributed by atoms with Gasteiger partial charge in [0.2, 0.25) is 0 Å². The summed E-state index contributed by atoms with van der Waals surface area (Å²) in [5.41, 5.74) is 2.38. The second-order valence-electron chi connectivity index (χ2n) is 6.30. The fraction of sp³-hybridized carbons (Fsp3) is 0.500. The molecule has 1 unspecified atom stereocenters. The normalized spacial score (nSPS) is 15.5. The zero-order valence-corrected chi connectivity index (χ0v) is 15.8. The molecular weight excluding hydrogens is 334 g/mol. The topological polar surface area (TPSA) is 92.8 Å². The number of rotatable bonds is 6. The summed E-state index contributed by atoms with van der Waals surface area (Å²) in [4.78, 5) is 14.0. The number of phenols is 2. The van der Waals surface area contributed by atoms with Crippen LogP contribution in [0.5, 0.6) is 11.5 Å². The third-order valence-corrected chi connectivity index (χ3v) is 3.92. The number of phenolic OH excluding ortho intramolecular Hbond substituents is 2. The van der Waals surface area contributed by atoms with Crippen LogP contribution in [0, 0.1) is 16.0 Å². The van der Waals surface area contributed by atoms with Gasteiger partial charge in [0.1, 0.15) is 11.5 Å². The Morgan fingerprint density at radius 1 is 1.23 bits per heavy atom. The van der Waals surface area contributed by atoms with Gasteiger partial charge in [-0.1, -0.05) is 18.6 Å². The average Bonchev–Trinajstić information content (AvgIpc) is 2.58. The third-order valence-electron chi connectivity index (χ3n) is 3.92. The van der Waals surface area contributed by atoms with Crippen molar-refractivity contribution in [3.05, 3.63) is 58.7 Å². The van der Waals surface area contributed by atoms with E-state index >= 15 is 0 Å². The van der Waals surface area contributed by atoms with Gasteiger partial charge in [0.05, 0.1) is 6.61 Å². The summed E-state index contributed by atoms with van der Waals surface area (Å²) in [6.07, 6.45) is 8.29. The minimum atomic E-state index is -0.819. The van der Waals surface area contributed by atoms with Crippen LogP contribution in [0.15, 0.2) is 43.0 Å². The van der Waals surface area contributed by atoms with E-state index in [2.05, 4.69) is 37.9 Å². The molecule has 1 aliphatic carbocycles. The summed E-state index contributed by atoms with van der Waals surface area (Å²) in [6.45, 7) is 10.6. The molecule has 0 spiro atoms. The number of allylic oxidation sites excluding steroid dienone is 2. The molecular formula is C20H31NO5. The highest BCUT2D eigenvalue weighted by Crippen LogP contribution is 2.22. The molecule has 0 saturated carbocycles. The Bertz CT molecular complexity index is 551. The molecule has 6 nitrogen and oxygen atoms in total. The van der Waals surface area contributed by atoms with Gasteiger partial charge in [0, 0.05) is 6.07 Å². The van der Waals surface area contributed by atoms with Gasteiger partial charge in [0.15, 0.2) is 0 Å². The number of aryl methyl sites for hydroxylation is 1. The van der Waals surface area contributed by atoms with E-state index in [1.807, 2.05) is 0 Å². The van der Waals surface area contributed by atoms with E-state index in [-0.39, 0.29) is 18.1 Å². The number of hydrogen-bond donors (Lipinski definition) is 2. The lowest BCUT2D eigenvalue weighted by molar-refractivity contribution is -0.757. The lowest BCUT2D eigenvalue weighted by atomic mass is 9.92. The monoisotopic (exact) mass is 365 g/mol. The Labute approximate surface area is 155 Å². The lowest BCUT2D eigenvalue weighted by Crippen LogP contribution is -2.02. The Morgan fingerprint density at radius 2 is 1.85 bits per heavy atom. The van der Waals surface area contributed by atoms with Crippen LogP contribution in [0.1, 0.15) is 51.5 Å². The molecule has 2 N–H and O–H groups in total. The summed E-state index contributed by atoms with van der Waals surface area (Å²) < 4.78 is 0. The smallest absolute Gasteiger partial charge is 0.294 e. The second-order valence-corrected chi connectivity index (χ2v) is 6.30. The van der Waals surface area contributed by atoms with Crippen molar-refractivity contribution in [2.45, 2.75) is 52.4 Å². The van der Waals surface area contributed by atoms with E-state index in [1.54, 1.807) is 17.7 Å². The molecule has 0 saturated heterocycles. The zero-order valence-electron chi connectivity index (χ0n) is 15.8. The van der Waals surface area contributed by atoms with Crippen LogP contribution in [0.2, 0.25) is 0 Å². The van der Waals surface area contributed by atoms with Gasteiger partial charge < -0.3 is 15.1 Å². The molecule has 26 heavy (non-hydrogen) atoms. The molecule has 146 valence electrons. The van der Waals surface area contributed by atoms with Crippen LogP contribution in [-0.2, 0) is 11.3 Å². The molecule has 1 aromatic rings. The molecule has 0 bridgehead atoms. The minimum absolute atomic E-state index is 0.0107. The number of unbranched alkanes of at least 4 members (excludes halogenated alkanes) is 1. The molecule has 0 radical (unpaired) electrons. The molecule has 1 aliphatic rings. The summed E-state index contributed by atoms with van der Waals surface area (Å²) in [6, 6.07) is 4.35. The van der Waals surface area contributed by atoms with Crippen molar-refractivity contribution < 1.29 is 20.1 Å². The first-order valence-electron chi connectivity index (χ1n) is 8.81. The van der Waals surface area contributed by atoms with E-state index in [0.717, 1.165) is 11.5 Å². The fourth-order valence-corrected chi connectivity index (χ4v) is 2.47. The van der Waals surface area contributed by atoms with E-state index in [0.29, 0.717) is 19.3 Å². The number of benzene rings is 1. The molecule has 0 fully saturated rings. The SMILES string of the molecule is C=C.CC1=CCC(C)CC1.O=[N+]([O-])OCCCCc1cc(O)cc(O)c1. The predicted molar refractivity (Wildman–Crippen MR) is 104 cm³/mol. The molecule has 6 heteroatoms. The second kappa shape index (κ2) is 13.8. The first-order valence-corrected chi connectivity index (χ1v) is 8.81. The van der Waals surface area contributed by atoms with Crippen LogP contribution in [0.4, 0.5) is 0 Å². The van der Waals surface area contributed by atoms with Gasteiger partial charge in [-0.25, -0.2) is 0 Å². The molecule has 0 heterocycles. The Morgan fingerprint density at radius 3 is 2.31 bits per heavy atom. The molecule has 2 rings (SSSR count). The quantitative estimate of drug-likeness (QED) is 0.313. The van der Waals surface area contributed by atoms with E-state index < -0.39 is 5.09 Å². The van der Waals surface area contributed by atoms with Crippen LogP contribution >= 0.6 is 0 Å². The van der Waals surface area contributed by atoms with Gasteiger partial charge in [0.25, 0.3) is 5.09 Å². The molecule has 0 aliphatic heterocycles. The van der Waals surface area contributed by atoms with Crippen molar-refractivity contribution >= 4 is 0 Å². The highest BCUT2D eigenvalue weighted by atomic mass is 16.9. The van der Waals surface area contributed by atoms with Gasteiger partial charge in [-0.15, -0.1) is 23.3 Å². The van der Waals surface area contributed by atoms with E-state index in [1.165, 1.54) is 25.3 Å². The van der Waals surface area contributed by atoms with Crippen molar-refractivity contribution in [2.75, 3.05) is 6.61 Å². The minimum Gasteiger partial charge on any atom is -0.508 e. The number of aromatic hydroxyl groups is 2. The van der Waals surface area contributed by atoms with Crippen molar-refractivity contribution in [1.29, 1.82) is 0 Å². The summed E-state index contributed by atoms with van der Waals surface area (Å²) in [5, 5.41) is 27.4. The summed E-state index contributed by atoms with van der Waals surface area (Å²) >= 11 is 0. The highest BCUT2D eigenvalue weighted by molar-refractivity contribution is 5.36. The maximum absolute atomic E-state index is 9.84. The zero-order chi connectivity index (χ0) is 19.9. The van der Waals surface area contributed by atoms with E-state index in [9.17, 15) is 20.3 Å². The standard InChI is InChI=1S/C10H13NO5.C8H14.C2H4/c12-9-5-8(6-10(13)7-9)3-1-2-4-16-11(14)15;1-7-3-5-8(2)6-4-7;1-2/h5-7,12-13H,1-4H2;3,8H,4-6H2,1-2H3;1-2H2. The Hall–Kier alpha value is -2.50. The van der Waals surface area contributed by atoms with Crippen LogP contribution in [-0.4, -0.2) is 21.9 Å². The predicted octanol–water partition coefficient (Wildman–Crippen LogP) is 5.18. The average molecular weight is 365 g/mol. The van der Waals surface area contributed by atoms with Crippen LogP contribution in [0.25, 0.3) is 0 Å². The Kier molecular flexibility index (Phi) is 12.4. The largest absolute Gasteiger partial charge is 0.508 e. The molecule has 0 aromatic heterocycles. The maximum atomic E-state index is 9.84. The van der Waals surface area contributed by atoms with Gasteiger partial charge in [-0.05, 0) is 69.1 Å². The van der Waals surface area contributed by atoms with Gasteiger partial charge in [-0.3, -0.25) is 0 Å². The molecule has 0 amide bonds. The van der Waals surface area contributed by atoms with Gasteiger partial charge in [-0.2, -0.15) is 0 Å². The van der Waals surface area contributed by atoms with Crippen molar-refractivity contribution in [2.24, 2.45) is 5.92 Å². The van der Waals surface area contributed by atoms with Crippen molar-refractivity contribution in [1.82, 2.24) is 0 Å². The van der Waals surface area contributed by atoms with Gasteiger partial charge >= 0.3 is 0 Å². The van der Waals surface area contributed by atoms with Crippen LogP contribution in [0.3, 0.4) is 0 Å². The van der Waals surface area contributed by atoms with Crippen molar-refractivity contribution in [3.8, 4) is 11.5 Å². The Balaban J connectivity index is 0.000000522. The number of nitrogens with zero attached hydrogens (tertiary/aromatic N) is 1.